The molecule has 3 aromatic rings. The Labute approximate surface area is 190 Å². The summed E-state index contributed by atoms with van der Waals surface area (Å²) in [6.07, 6.45) is 1.48. The molecule has 164 valence electrons. The summed E-state index contributed by atoms with van der Waals surface area (Å²) in [7, 11) is -3.37. The van der Waals surface area contributed by atoms with Crippen molar-refractivity contribution in [2.75, 3.05) is 17.3 Å². The maximum atomic E-state index is 13.0. The third-order valence-corrected chi connectivity index (χ3v) is 7.36. The van der Waals surface area contributed by atoms with Crippen LogP contribution in [0, 0.1) is 6.92 Å². The highest BCUT2D eigenvalue weighted by Crippen LogP contribution is 2.29. The monoisotopic (exact) mass is 467 g/mol. The molecular weight excluding hydrogens is 446 g/mol. The highest BCUT2D eigenvalue weighted by atomic mass is 32.2. The van der Waals surface area contributed by atoms with Crippen LogP contribution in [0.3, 0.4) is 0 Å². The van der Waals surface area contributed by atoms with Crippen molar-refractivity contribution in [1.29, 1.82) is 0 Å². The van der Waals surface area contributed by atoms with Crippen molar-refractivity contribution in [3.8, 4) is 11.1 Å². The first kappa shape index (κ1) is 22.0. The highest BCUT2D eigenvalue weighted by molar-refractivity contribution is 7.94. The minimum absolute atomic E-state index is 0.204. The molecule has 0 aliphatic carbocycles. The largest absolute Gasteiger partial charge is 0.451 e. The van der Waals surface area contributed by atoms with Gasteiger partial charge < -0.3 is 9.64 Å². The number of benzene rings is 2. The number of carbonyl (C=O) groups excluding carboxylic acids is 2. The van der Waals surface area contributed by atoms with Crippen LogP contribution in [-0.2, 0) is 19.4 Å². The molecule has 1 aliphatic heterocycles. The topological polar surface area (TPSA) is 80.8 Å². The van der Waals surface area contributed by atoms with Crippen LogP contribution in [0.25, 0.3) is 11.1 Å². The average Bonchev–Trinajstić information content (AvgIpc) is 3.40. The number of anilines is 1. The lowest BCUT2D eigenvalue weighted by molar-refractivity contribution is -0.121. The van der Waals surface area contributed by atoms with Gasteiger partial charge in [0.15, 0.2) is 16.4 Å². The third kappa shape index (κ3) is 4.81. The molecule has 2 heterocycles. The Morgan fingerprint density at radius 1 is 1.06 bits per heavy atom. The maximum absolute atomic E-state index is 13.0. The Balaban J connectivity index is 1.51. The van der Waals surface area contributed by atoms with E-state index >= 15 is 0 Å². The van der Waals surface area contributed by atoms with Gasteiger partial charge in [0.1, 0.15) is 4.88 Å². The normalized spacial score (nSPS) is 16.6. The number of thiophene rings is 1. The standard InChI is InChI=1S/C24H21NO5S2/c1-17-7-9-18(10-8-17)21-11-13-31-23(21)24(27)30-15-22(26)25(19-5-3-2-4-6-19)20-12-14-32(28,29)16-20/h2-14,20H,15-16H2,1H3. The predicted molar refractivity (Wildman–Crippen MR) is 125 cm³/mol. The number of amides is 1. The van der Waals surface area contributed by atoms with Crippen molar-refractivity contribution in [2.24, 2.45) is 0 Å². The van der Waals surface area contributed by atoms with Crippen molar-refractivity contribution in [3.63, 3.8) is 0 Å². The summed E-state index contributed by atoms with van der Waals surface area (Å²) >= 11 is 1.25. The zero-order chi connectivity index (χ0) is 22.7. The second kappa shape index (κ2) is 9.10. The summed E-state index contributed by atoms with van der Waals surface area (Å²) in [5.74, 6) is -1.29. The van der Waals surface area contributed by atoms with Crippen LogP contribution >= 0.6 is 11.3 Å². The van der Waals surface area contributed by atoms with Crippen molar-refractivity contribution in [2.45, 2.75) is 13.0 Å². The van der Waals surface area contributed by atoms with E-state index in [-0.39, 0.29) is 5.75 Å². The number of para-hydroxylation sites is 1. The Kier molecular flexibility index (Phi) is 6.25. The molecule has 0 saturated heterocycles. The van der Waals surface area contributed by atoms with Gasteiger partial charge in [0, 0.05) is 16.7 Å². The Morgan fingerprint density at radius 2 is 1.78 bits per heavy atom. The minimum atomic E-state index is -3.37. The zero-order valence-electron chi connectivity index (χ0n) is 17.3. The van der Waals surface area contributed by atoms with Gasteiger partial charge in [0.25, 0.3) is 5.91 Å². The molecule has 1 unspecified atom stereocenters. The molecule has 32 heavy (non-hydrogen) atoms. The van der Waals surface area contributed by atoms with Crippen LogP contribution in [-0.4, -0.2) is 38.7 Å². The van der Waals surface area contributed by atoms with Gasteiger partial charge in [-0.15, -0.1) is 11.3 Å². The summed E-state index contributed by atoms with van der Waals surface area (Å²) in [6, 6.07) is 17.7. The molecule has 1 atom stereocenters. The lowest BCUT2D eigenvalue weighted by Gasteiger charge is -2.27. The van der Waals surface area contributed by atoms with Gasteiger partial charge >= 0.3 is 5.97 Å². The molecule has 4 rings (SSSR count). The maximum Gasteiger partial charge on any atom is 0.349 e. The smallest absolute Gasteiger partial charge is 0.349 e. The number of esters is 1. The van der Waals surface area contributed by atoms with Crippen molar-refractivity contribution in [3.05, 3.63) is 88.0 Å². The molecular formula is C24H21NO5S2. The number of aryl methyl sites for hydroxylation is 1. The van der Waals surface area contributed by atoms with E-state index in [1.807, 2.05) is 37.3 Å². The third-order valence-electron chi connectivity index (χ3n) is 5.09. The second-order valence-electron chi connectivity index (χ2n) is 7.43. The van der Waals surface area contributed by atoms with Crippen LogP contribution in [0.5, 0.6) is 0 Å². The fraction of sp³-hybridized carbons (Fsp3) is 0.167. The van der Waals surface area contributed by atoms with E-state index in [4.69, 9.17) is 4.74 Å². The average molecular weight is 468 g/mol. The molecule has 0 fully saturated rings. The van der Waals surface area contributed by atoms with E-state index in [0.717, 1.165) is 22.1 Å². The summed E-state index contributed by atoms with van der Waals surface area (Å²) in [4.78, 5) is 27.6. The van der Waals surface area contributed by atoms with E-state index in [1.165, 1.54) is 22.3 Å². The summed E-state index contributed by atoms with van der Waals surface area (Å²) in [5.41, 5.74) is 3.29. The van der Waals surface area contributed by atoms with E-state index in [9.17, 15) is 18.0 Å². The van der Waals surface area contributed by atoms with Gasteiger partial charge in [-0.25, -0.2) is 13.2 Å². The summed E-state index contributed by atoms with van der Waals surface area (Å²) in [6.45, 7) is 1.49. The van der Waals surface area contributed by atoms with Gasteiger partial charge in [-0.3, -0.25) is 4.79 Å². The van der Waals surface area contributed by atoms with Gasteiger partial charge in [-0.1, -0.05) is 48.0 Å². The molecule has 8 heteroatoms. The Morgan fingerprint density at radius 3 is 2.44 bits per heavy atom. The van der Waals surface area contributed by atoms with Crippen molar-refractivity contribution >= 4 is 38.7 Å². The quantitative estimate of drug-likeness (QED) is 0.507. The van der Waals surface area contributed by atoms with Gasteiger partial charge in [0.05, 0.1) is 11.8 Å². The van der Waals surface area contributed by atoms with E-state index in [1.54, 1.807) is 35.7 Å². The molecule has 0 radical (unpaired) electrons. The van der Waals surface area contributed by atoms with Crippen molar-refractivity contribution < 1.29 is 22.7 Å². The molecule has 1 amide bonds. The highest BCUT2D eigenvalue weighted by Gasteiger charge is 2.32. The van der Waals surface area contributed by atoms with Crippen LogP contribution in [0.1, 0.15) is 15.2 Å². The van der Waals surface area contributed by atoms with Gasteiger partial charge in [-0.2, -0.15) is 0 Å². The molecule has 2 aromatic carbocycles. The van der Waals surface area contributed by atoms with Crippen LogP contribution < -0.4 is 4.90 Å². The molecule has 1 aliphatic rings. The fourth-order valence-corrected chi connectivity index (χ4v) is 5.60. The number of hydrogen-bond acceptors (Lipinski definition) is 6. The van der Waals surface area contributed by atoms with Crippen LogP contribution in [0.15, 0.2) is 77.5 Å². The molecule has 0 N–H and O–H groups in total. The van der Waals surface area contributed by atoms with Gasteiger partial charge in [0.2, 0.25) is 0 Å². The number of hydrogen-bond donors (Lipinski definition) is 0. The molecule has 0 bridgehead atoms. The lowest BCUT2D eigenvalue weighted by Crippen LogP contribution is -2.43. The molecule has 6 nitrogen and oxygen atoms in total. The van der Waals surface area contributed by atoms with E-state index in [2.05, 4.69) is 0 Å². The first-order valence-electron chi connectivity index (χ1n) is 9.94. The number of sulfone groups is 1. The fourth-order valence-electron chi connectivity index (χ4n) is 3.52. The van der Waals surface area contributed by atoms with Crippen LogP contribution in [0.4, 0.5) is 5.69 Å². The number of carbonyl (C=O) groups is 2. The number of nitrogens with zero attached hydrogens (tertiary/aromatic N) is 1. The lowest BCUT2D eigenvalue weighted by atomic mass is 10.1. The summed E-state index contributed by atoms with van der Waals surface area (Å²) in [5, 5.41) is 2.92. The SMILES string of the molecule is Cc1ccc(-c2ccsc2C(=O)OCC(=O)N(c2ccccc2)C2C=CS(=O)(=O)C2)cc1. The Bertz CT molecular complexity index is 1260. The number of rotatable bonds is 6. The summed E-state index contributed by atoms with van der Waals surface area (Å²) < 4.78 is 29.2. The first-order valence-corrected chi connectivity index (χ1v) is 12.5. The second-order valence-corrected chi connectivity index (χ2v) is 10.3. The van der Waals surface area contributed by atoms with E-state index in [0.29, 0.717) is 10.6 Å². The molecule has 1 aromatic heterocycles. The van der Waals surface area contributed by atoms with Gasteiger partial charge in [-0.05, 0) is 42.1 Å². The predicted octanol–water partition coefficient (Wildman–Crippen LogP) is 4.22. The van der Waals surface area contributed by atoms with Crippen molar-refractivity contribution in [1.82, 2.24) is 0 Å². The zero-order valence-corrected chi connectivity index (χ0v) is 18.9. The number of ether oxygens (including phenoxy) is 1. The van der Waals surface area contributed by atoms with Crippen LogP contribution in [0.2, 0.25) is 0 Å². The molecule has 0 saturated carbocycles. The Hall–Kier alpha value is -3.23. The first-order chi connectivity index (χ1) is 15.3. The van der Waals surface area contributed by atoms with E-state index < -0.39 is 34.4 Å². The minimum Gasteiger partial charge on any atom is -0.451 e. The molecule has 0 spiro atoms.